The van der Waals surface area contributed by atoms with Gasteiger partial charge in [-0.1, -0.05) is 20.3 Å². The predicted molar refractivity (Wildman–Crippen MR) is 74.8 cm³/mol. The van der Waals surface area contributed by atoms with E-state index in [1.54, 1.807) is 0 Å². The average Bonchev–Trinajstić information content (AvgIpc) is 2.59. The summed E-state index contributed by atoms with van der Waals surface area (Å²) in [5, 5.41) is 2.14. The van der Waals surface area contributed by atoms with Crippen LogP contribution in [0.5, 0.6) is 0 Å². The second-order valence-electron chi connectivity index (χ2n) is 5.39. The zero-order valence-corrected chi connectivity index (χ0v) is 12.4. The SMILES string of the molecule is CC1CCC(C)C(N)(Cc2sccc2Br)C1. The molecule has 1 nitrogen and oxygen atoms in total. The fourth-order valence-corrected chi connectivity index (χ4v) is 4.40. The van der Waals surface area contributed by atoms with Crippen LogP contribution in [0.4, 0.5) is 0 Å². The monoisotopic (exact) mass is 301 g/mol. The molecule has 2 rings (SSSR count). The third-order valence-electron chi connectivity index (χ3n) is 3.98. The summed E-state index contributed by atoms with van der Waals surface area (Å²) in [5.74, 6) is 1.41. The van der Waals surface area contributed by atoms with E-state index in [1.807, 2.05) is 11.3 Å². The lowest BCUT2D eigenvalue weighted by Crippen LogP contribution is -2.51. The Hall–Kier alpha value is 0.140. The summed E-state index contributed by atoms with van der Waals surface area (Å²) in [6.07, 6.45) is 4.81. The maximum atomic E-state index is 6.64. The molecule has 3 unspecified atom stereocenters. The molecule has 1 heterocycles. The van der Waals surface area contributed by atoms with E-state index < -0.39 is 0 Å². The van der Waals surface area contributed by atoms with Crippen molar-refractivity contribution in [2.24, 2.45) is 17.6 Å². The second kappa shape index (κ2) is 4.79. The second-order valence-corrected chi connectivity index (χ2v) is 7.24. The molecule has 1 saturated carbocycles. The summed E-state index contributed by atoms with van der Waals surface area (Å²) in [5.41, 5.74) is 6.64. The van der Waals surface area contributed by atoms with Crippen LogP contribution in [0, 0.1) is 11.8 Å². The molecule has 1 aromatic rings. The fourth-order valence-electron chi connectivity index (χ4n) is 2.77. The molecule has 2 N–H and O–H groups in total. The van der Waals surface area contributed by atoms with Gasteiger partial charge in [-0.25, -0.2) is 0 Å². The highest BCUT2D eigenvalue weighted by Crippen LogP contribution is 2.39. The van der Waals surface area contributed by atoms with E-state index in [-0.39, 0.29) is 5.54 Å². The first kappa shape index (κ1) is 12.6. The molecule has 1 aliphatic rings. The van der Waals surface area contributed by atoms with Crippen molar-refractivity contribution in [3.8, 4) is 0 Å². The van der Waals surface area contributed by atoms with Crippen molar-refractivity contribution in [2.75, 3.05) is 0 Å². The number of hydrogen-bond acceptors (Lipinski definition) is 2. The maximum Gasteiger partial charge on any atom is 0.0315 e. The molecule has 1 fully saturated rings. The minimum absolute atomic E-state index is 0.00500. The minimum Gasteiger partial charge on any atom is -0.325 e. The lowest BCUT2D eigenvalue weighted by molar-refractivity contribution is 0.162. The highest BCUT2D eigenvalue weighted by atomic mass is 79.9. The summed E-state index contributed by atoms with van der Waals surface area (Å²) in [6, 6.07) is 2.13. The predicted octanol–water partition coefficient (Wildman–Crippen LogP) is 4.21. The van der Waals surface area contributed by atoms with E-state index in [9.17, 15) is 0 Å². The molecule has 90 valence electrons. The Labute approximate surface area is 111 Å². The van der Waals surface area contributed by atoms with Crippen LogP contribution in [-0.4, -0.2) is 5.54 Å². The van der Waals surface area contributed by atoms with Crippen LogP contribution in [0.1, 0.15) is 38.0 Å². The quantitative estimate of drug-likeness (QED) is 0.870. The van der Waals surface area contributed by atoms with E-state index in [0.29, 0.717) is 5.92 Å². The van der Waals surface area contributed by atoms with Gasteiger partial charge in [0, 0.05) is 21.3 Å². The van der Waals surface area contributed by atoms with E-state index in [1.165, 1.54) is 28.6 Å². The number of rotatable bonds is 2. The first-order chi connectivity index (χ1) is 7.51. The molecule has 16 heavy (non-hydrogen) atoms. The van der Waals surface area contributed by atoms with E-state index in [0.717, 1.165) is 12.3 Å². The Morgan fingerprint density at radius 1 is 1.50 bits per heavy atom. The summed E-state index contributed by atoms with van der Waals surface area (Å²) < 4.78 is 1.23. The molecule has 0 amide bonds. The van der Waals surface area contributed by atoms with Gasteiger partial charge in [-0.2, -0.15) is 0 Å². The largest absolute Gasteiger partial charge is 0.325 e. The molecular formula is C13H20BrNS. The Kier molecular flexibility index (Phi) is 3.77. The fraction of sp³-hybridized carbons (Fsp3) is 0.692. The number of nitrogens with two attached hydrogens (primary N) is 1. The molecule has 3 heteroatoms. The molecule has 1 aliphatic carbocycles. The summed E-state index contributed by atoms with van der Waals surface area (Å²) in [6.45, 7) is 4.64. The first-order valence-electron chi connectivity index (χ1n) is 6.02. The Balaban J connectivity index is 2.14. The Morgan fingerprint density at radius 2 is 2.25 bits per heavy atom. The van der Waals surface area contributed by atoms with E-state index in [4.69, 9.17) is 5.73 Å². The number of halogens is 1. The van der Waals surface area contributed by atoms with E-state index >= 15 is 0 Å². The third kappa shape index (κ3) is 2.52. The molecule has 0 spiro atoms. The number of hydrogen-bond donors (Lipinski definition) is 1. The van der Waals surface area contributed by atoms with Crippen molar-refractivity contribution in [3.63, 3.8) is 0 Å². The van der Waals surface area contributed by atoms with Crippen molar-refractivity contribution in [3.05, 3.63) is 20.8 Å². The van der Waals surface area contributed by atoms with Gasteiger partial charge in [0.1, 0.15) is 0 Å². The third-order valence-corrected chi connectivity index (χ3v) is 5.91. The van der Waals surface area contributed by atoms with Gasteiger partial charge in [-0.05, 0) is 52.1 Å². The van der Waals surface area contributed by atoms with Gasteiger partial charge in [-0.3, -0.25) is 0 Å². The van der Waals surface area contributed by atoms with Gasteiger partial charge in [0.25, 0.3) is 0 Å². The van der Waals surface area contributed by atoms with Crippen LogP contribution in [0.25, 0.3) is 0 Å². The normalized spacial score (nSPS) is 35.2. The van der Waals surface area contributed by atoms with Crippen LogP contribution in [-0.2, 0) is 6.42 Å². The maximum absolute atomic E-state index is 6.64. The van der Waals surface area contributed by atoms with Crippen molar-refractivity contribution in [1.82, 2.24) is 0 Å². The lowest BCUT2D eigenvalue weighted by Gasteiger charge is -2.42. The van der Waals surface area contributed by atoms with Crippen molar-refractivity contribution >= 4 is 27.3 Å². The summed E-state index contributed by atoms with van der Waals surface area (Å²) in [7, 11) is 0. The smallest absolute Gasteiger partial charge is 0.0315 e. The zero-order chi connectivity index (χ0) is 11.8. The highest BCUT2D eigenvalue weighted by molar-refractivity contribution is 9.10. The van der Waals surface area contributed by atoms with Gasteiger partial charge >= 0.3 is 0 Å². The first-order valence-corrected chi connectivity index (χ1v) is 7.69. The van der Waals surface area contributed by atoms with Crippen LogP contribution < -0.4 is 5.73 Å². The van der Waals surface area contributed by atoms with Crippen LogP contribution in [0.2, 0.25) is 0 Å². The summed E-state index contributed by atoms with van der Waals surface area (Å²) in [4.78, 5) is 1.41. The Bertz CT molecular complexity index is 363. The van der Waals surface area contributed by atoms with Gasteiger partial charge in [0.05, 0.1) is 0 Å². The van der Waals surface area contributed by atoms with Crippen molar-refractivity contribution < 1.29 is 0 Å². The molecule has 0 aromatic carbocycles. The number of thiophene rings is 1. The van der Waals surface area contributed by atoms with Gasteiger partial charge in [-0.15, -0.1) is 11.3 Å². The molecule has 0 bridgehead atoms. The van der Waals surface area contributed by atoms with Gasteiger partial charge < -0.3 is 5.73 Å². The Morgan fingerprint density at radius 3 is 2.88 bits per heavy atom. The minimum atomic E-state index is 0.00500. The lowest BCUT2D eigenvalue weighted by atomic mass is 9.68. The molecule has 0 radical (unpaired) electrons. The van der Waals surface area contributed by atoms with Gasteiger partial charge in [0.15, 0.2) is 0 Å². The van der Waals surface area contributed by atoms with Crippen molar-refractivity contribution in [1.29, 1.82) is 0 Å². The highest BCUT2D eigenvalue weighted by Gasteiger charge is 2.37. The summed E-state index contributed by atoms with van der Waals surface area (Å²) >= 11 is 5.43. The average molecular weight is 302 g/mol. The van der Waals surface area contributed by atoms with Crippen LogP contribution in [0.3, 0.4) is 0 Å². The van der Waals surface area contributed by atoms with Gasteiger partial charge in [0.2, 0.25) is 0 Å². The molecule has 0 saturated heterocycles. The molecule has 1 aromatic heterocycles. The molecule has 3 atom stereocenters. The van der Waals surface area contributed by atoms with E-state index in [2.05, 4.69) is 41.2 Å². The van der Waals surface area contributed by atoms with Crippen molar-refractivity contribution in [2.45, 2.75) is 45.1 Å². The van der Waals surface area contributed by atoms with Crippen LogP contribution >= 0.6 is 27.3 Å². The standard InChI is InChI=1S/C13H20BrNS/c1-9-3-4-10(2)13(15,7-9)8-12-11(14)5-6-16-12/h5-6,9-10H,3-4,7-8,15H2,1-2H3. The topological polar surface area (TPSA) is 26.0 Å². The van der Waals surface area contributed by atoms with Crippen LogP contribution in [0.15, 0.2) is 15.9 Å². The molecule has 0 aliphatic heterocycles. The zero-order valence-electron chi connectivity index (χ0n) is 10.0. The molecular weight excluding hydrogens is 282 g/mol.